The first-order valence-electron chi connectivity index (χ1n) is 6.52. The summed E-state index contributed by atoms with van der Waals surface area (Å²) in [4.78, 5) is 28.0. The Bertz CT molecular complexity index is 517. The van der Waals surface area contributed by atoms with Crippen molar-refractivity contribution in [3.05, 3.63) is 34.1 Å². The number of carbonyl (C=O) groups excluding carboxylic acids is 2. The fourth-order valence-electron chi connectivity index (χ4n) is 1.23. The van der Waals surface area contributed by atoms with Crippen LogP contribution in [0.4, 0.5) is 4.79 Å². The normalized spacial score (nSPS) is 10.3. The monoisotopic (exact) mass is 419 g/mol. The molecule has 1 aromatic heterocycles. The largest absolute Gasteiger partial charge is 0.476 e. The van der Waals surface area contributed by atoms with Gasteiger partial charge in [0.1, 0.15) is 13.2 Å². The van der Waals surface area contributed by atoms with Gasteiger partial charge in [0.25, 0.3) is 0 Å². The predicted octanol–water partition coefficient (Wildman–Crippen LogP) is 1.44. The van der Waals surface area contributed by atoms with Crippen LogP contribution < -0.4 is 10.1 Å². The van der Waals surface area contributed by atoms with Gasteiger partial charge in [-0.1, -0.05) is 0 Å². The second-order valence-corrected chi connectivity index (χ2v) is 5.57. The van der Waals surface area contributed by atoms with E-state index in [-0.39, 0.29) is 19.1 Å². The van der Waals surface area contributed by atoms with Gasteiger partial charge in [-0.05, 0) is 34.7 Å². The Morgan fingerprint density at radius 1 is 1.41 bits per heavy atom. The third-order valence-corrected chi connectivity index (χ3v) is 2.97. The number of ether oxygens (including phenoxy) is 2. The summed E-state index contributed by atoms with van der Waals surface area (Å²) in [6.45, 7) is 0.620. The Hall–Kier alpha value is -1.84. The molecule has 120 valence electrons. The van der Waals surface area contributed by atoms with Crippen molar-refractivity contribution in [3.8, 4) is 5.88 Å². The van der Waals surface area contributed by atoms with Crippen LogP contribution in [0.3, 0.4) is 0 Å². The number of hydrogen-bond donors (Lipinski definition) is 1. The van der Waals surface area contributed by atoms with E-state index in [2.05, 4.69) is 32.9 Å². The number of nitrogens with zero attached hydrogens (tertiary/aromatic N) is 2. The topological polar surface area (TPSA) is 80.8 Å². The predicted molar refractivity (Wildman–Crippen MR) is 89.6 cm³/mol. The molecule has 0 aromatic carbocycles. The van der Waals surface area contributed by atoms with Crippen LogP contribution in [0.2, 0.25) is 0 Å². The van der Waals surface area contributed by atoms with Crippen molar-refractivity contribution in [1.82, 2.24) is 15.2 Å². The zero-order valence-electron chi connectivity index (χ0n) is 12.4. The number of nitrogens with one attached hydrogen (secondary N) is 1. The molecule has 0 unspecified atom stereocenters. The molecular weight excluding hydrogens is 401 g/mol. The highest BCUT2D eigenvalue weighted by atomic mass is 127. The Morgan fingerprint density at radius 2 is 2.18 bits per heavy atom. The molecule has 0 radical (unpaired) electrons. The molecular formula is C14H18IN3O4. The molecule has 1 heterocycles. The lowest BCUT2D eigenvalue weighted by atomic mass is 10.4. The first-order chi connectivity index (χ1) is 10.5. The number of alkyl carbamates (subject to hydrolysis) is 1. The van der Waals surface area contributed by atoms with Gasteiger partial charge >= 0.3 is 6.09 Å². The summed E-state index contributed by atoms with van der Waals surface area (Å²) in [6, 6.07) is 3.64. The van der Waals surface area contributed by atoms with E-state index in [1.807, 2.05) is 6.07 Å². The lowest BCUT2D eigenvalue weighted by Gasteiger charge is -2.07. The van der Waals surface area contributed by atoms with E-state index in [4.69, 9.17) is 9.47 Å². The smallest absolute Gasteiger partial charge is 0.407 e. The van der Waals surface area contributed by atoms with Crippen LogP contribution in [0.25, 0.3) is 0 Å². The number of pyridine rings is 1. The molecule has 8 heteroatoms. The van der Waals surface area contributed by atoms with E-state index in [0.29, 0.717) is 12.4 Å². The number of rotatable bonds is 7. The SMILES string of the molecule is CN(C)C(=O)/C=C/COC(=O)NCCOc1ccc(I)cn1. The average molecular weight is 419 g/mol. The van der Waals surface area contributed by atoms with Gasteiger partial charge in [-0.3, -0.25) is 4.79 Å². The Kier molecular flexibility index (Phi) is 8.26. The Morgan fingerprint density at radius 3 is 2.82 bits per heavy atom. The van der Waals surface area contributed by atoms with Gasteiger partial charge in [-0.15, -0.1) is 0 Å². The molecule has 1 aromatic rings. The van der Waals surface area contributed by atoms with Crippen molar-refractivity contribution in [2.75, 3.05) is 33.9 Å². The summed E-state index contributed by atoms with van der Waals surface area (Å²) >= 11 is 2.15. The zero-order chi connectivity index (χ0) is 16.4. The maximum Gasteiger partial charge on any atom is 0.407 e. The van der Waals surface area contributed by atoms with Crippen LogP contribution in [-0.2, 0) is 9.53 Å². The van der Waals surface area contributed by atoms with Crippen molar-refractivity contribution >= 4 is 34.6 Å². The highest BCUT2D eigenvalue weighted by molar-refractivity contribution is 14.1. The molecule has 0 saturated heterocycles. The van der Waals surface area contributed by atoms with Gasteiger partial charge < -0.3 is 19.7 Å². The second kappa shape index (κ2) is 9.98. The number of carbonyl (C=O) groups is 2. The van der Waals surface area contributed by atoms with Gasteiger partial charge in [0.05, 0.1) is 6.54 Å². The van der Waals surface area contributed by atoms with E-state index < -0.39 is 6.09 Å². The van der Waals surface area contributed by atoms with Gasteiger partial charge in [0.2, 0.25) is 11.8 Å². The number of halogens is 1. The van der Waals surface area contributed by atoms with Crippen LogP contribution in [0.1, 0.15) is 0 Å². The average Bonchev–Trinajstić information content (AvgIpc) is 2.49. The summed E-state index contributed by atoms with van der Waals surface area (Å²) in [5, 5.41) is 2.53. The van der Waals surface area contributed by atoms with Crippen LogP contribution in [0.5, 0.6) is 5.88 Å². The van der Waals surface area contributed by atoms with Crippen molar-refractivity contribution in [1.29, 1.82) is 0 Å². The number of hydrogen-bond acceptors (Lipinski definition) is 5. The third-order valence-electron chi connectivity index (χ3n) is 2.33. The molecule has 0 aliphatic heterocycles. The third kappa shape index (κ3) is 7.81. The molecule has 0 aliphatic carbocycles. The number of amides is 2. The standard InChI is InChI=1S/C14H18IN3O4/c1-18(2)13(19)4-3-8-22-14(20)16-7-9-21-12-6-5-11(15)10-17-12/h3-6,10H,7-9H2,1-2H3,(H,16,20)/b4-3+. The lowest BCUT2D eigenvalue weighted by Crippen LogP contribution is -2.29. The molecule has 2 amide bonds. The molecule has 0 atom stereocenters. The van der Waals surface area contributed by atoms with Gasteiger partial charge in [0.15, 0.2) is 0 Å². The Balaban J connectivity index is 2.11. The van der Waals surface area contributed by atoms with E-state index in [0.717, 1.165) is 3.57 Å². The van der Waals surface area contributed by atoms with Gasteiger partial charge in [0, 0.05) is 36.0 Å². The van der Waals surface area contributed by atoms with E-state index in [1.165, 1.54) is 17.1 Å². The van der Waals surface area contributed by atoms with E-state index >= 15 is 0 Å². The van der Waals surface area contributed by atoms with Crippen LogP contribution in [0, 0.1) is 3.57 Å². The van der Waals surface area contributed by atoms with Crippen LogP contribution >= 0.6 is 22.6 Å². The minimum Gasteiger partial charge on any atom is -0.476 e. The Labute approximate surface area is 142 Å². The fourth-order valence-corrected chi connectivity index (χ4v) is 1.55. The molecule has 22 heavy (non-hydrogen) atoms. The molecule has 0 bridgehead atoms. The fraction of sp³-hybridized carbons (Fsp3) is 0.357. The highest BCUT2D eigenvalue weighted by Gasteiger charge is 2.01. The maximum absolute atomic E-state index is 11.3. The van der Waals surface area contributed by atoms with Crippen molar-refractivity contribution in [3.63, 3.8) is 0 Å². The maximum atomic E-state index is 11.3. The van der Waals surface area contributed by atoms with Crippen molar-refractivity contribution in [2.45, 2.75) is 0 Å². The number of aromatic nitrogens is 1. The summed E-state index contributed by atoms with van der Waals surface area (Å²) in [6.07, 6.45) is 3.95. The van der Waals surface area contributed by atoms with Crippen molar-refractivity contribution in [2.24, 2.45) is 0 Å². The second-order valence-electron chi connectivity index (χ2n) is 4.32. The van der Waals surface area contributed by atoms with Crippen LogP contribution in [0.15, 0.2) is 30.5 Å². The molecule has 0 aliphatic rings. The first-order valence-corrected chi connectivity index (χ1v) is 7.59. The van der Waals surface area contributed by atoms with Gasteiger partial charge in [-0.2, -0.15) is 0 Å². The van der Waals surface area contributed by atoms with E-state index in [9.17, 15) is 9.59 Å². The minimum absolute atomic E-state index is 0.0327. The molecule has 7 nitrogen and oxygen atoms in total. The summed E-state index contributed by atoms with van der Waals surface area (Å²) < 4.78 is 11.2. The molecule has 1 N–H and O–H groups in total. The molecule has 1 rings (SSSR count). The molecule has 0 fully saturated rings. The lowest BCUT2D eigenvalue weighted by molar-refractivity contribution is -0.123. The molecule has 0 saturated carbocycles. The quantitative estimate of drug-likeness (QED) is 0.411. The minimum atomic E-state index is -0.568. The van der Waals surface area contributed by atoms with E-state index in [1.54, 1.807) is 26.4 Å². The summed E-state index contributed by atoms with van der Waals surface area (Å²) in [5.41, 5.74) is 0. The molecule has 0 spiro atoms. The zero-order valence-corrected chi connectivity index (χ0v) is 14.6. The summed E-state index contributed by atoms with van der Waals surface area (Å²) in [5.74, 6) is 0.336. The van der Waals surface area contributed by atoms with Gasteiger partial charge in [-0.25, -0.2) is 9.78 Å². The highest BCUT2D eigenvalue weighted by Crippen LogP contribution is 2.08. The van der Waals surface area contributed by atoms with Crippen LogP contribution in [-0.4, -0.2) is 55.7 Å². The summed E-state index contributed by atoms with van der Waals surface area (Å²) in [7, 11) is 3.28. The first kappa shape index (κ1) is 18.2. The van der Waals surface area contributed by atoms with Crippen molar-refractivity contribution < 1.29 is 19.1 Å². The number of likely N-dealkylation sites (N-methyl/N-ethyl adjacent to an activating group) is 1.